The van der Waals surface area contributed by atoms with Crippen molar-refractivity contribution in [3.8, 4) is 0 Å². The zero-order chi connectivity index (χ0) is 20.9. The number of carbonyl (C=O) groups excluding carboxylic acids is 1. The maximum atomic E-state index is 13.4. The van der Waals surface area contributed by atoms with Crippen LogP contribution < -0.4 is 14.7 Å². The first-order valence-electron chi connectivity index (χ1n) is 10.5. The summed E-state index contributed by atoms with van der Waals surface area (Å²) < 4.78 is 6.56. The van der Waals surface area contributed by atoms with E-state index in [9.17, 15) is 4.79 Å². The van der Waals surface area contributed by atoms with Crippen LogP contribution in [0.5, 0.6) is 0 Å². The lowest BCUT2D eigenvalue weighted by molar-refractivity contribution is -0.908. The fraction of sp³-hybridized carbons (Fsp3) is 0.391. The molecule has 1 fully saturated rings. The maximum absolute atomic E-state index is 13.4. The first-order chi connectivity index (χ1) is 14.6. The largest absolute Gasteiger partial charge is 0.378 e. The van der Waals surface area contributed by atoms with Crippen molar-refractivity contribution in [3.05, 3.63) is 54.1 Å². The van der Waals surface area contributed by atoms with Gasteiger partial charge >= 0.3 is 0 Å². The van der Waals surface area contributed by atoms with E-state index in [4.69, 9.17) is 9.72 Å². The molecule has 3 aromatic rings. The molecule has 0 aliphatic carbocycles. The number of nitrogens with zero attached hydrogens (tertiary/aromatic N) is 3. The van der Waals surface area contributed by atoms with Crippen LogP contribution >= 0.6 is 11.3 Å². The van der Waals surface area contributed by atoms with E-state index in [0.29, 0.717) is 12.1 Å². The van der Waals surface area contributed by atoms with E-state index < -0.39 is 0 Å². The number of thiazole rings is 1. The predicted octanol–water partition coefficient (Wildman–Crippen LogP) is 2.31. The third-order valence-corrected chi connectivity index (χ3v) is 6.56. The van der Waals surface area contributed by atoms with Crippen LogP contribution in [0.25, 0.3) is 10.2 Å². The lowest BCUT2D eigenvalue weighted by atomic mass is 10.1. The molecule has 158 valence electrons. The molecule has 0 atom stereocenters. The number of rotatable bonds is 7. The van der Waals surface area contributed by atoms with Gasteiger partial charge < -0.3 is 14.5 Å². The summed E-state index contributed by atoms with van der Waals surface area (Å²) in [5, 5.41) is 0.773. The number of fused-ring (bicyclic) bond motifs is 1. The fourth-order valence-electron chi connectivity index (χ4n) is 3.71. The van der Waals surface area contributed by atoms with E-state index in [-0.39, 0.29) is 5.91 Å². The normalized spacial score (nSPS) is 14.7. The van der Waals surface area contributed by atoms with Crippen LogP contribution in [0.3, 0.4) is 0 Å². The molecule has 1 aromatic heterocycles. The third kappa shape index (κ3) is 4.80. The molecule has 0 unspecified atom stereocenters. The van der Waals surface area contributed by atoms with E-state index in [1.54, 1.807) is 16.2 Å². The van der Waals surface area contributed by atoms with E-state index in [2.05, 4.69) is 6.07 Å². The van der Waals surface area contributed by atoms with E-state index in [1.165, 1.54) is 0 Å². The van der Waals surface area contributed by atoms with Gasteiger partial charge in [0.1, 0.15) is 13.1 Å². The molecule has 1 aliphatic heterocycles. The quantitative estimate of drug-likeness (QED) is 0.631. The number of nitrogens with one attached hydrogen (secondary N) is 1. The fourth-order valence-corrected chi connectivity index (χ4v) is 4.70. The summed E-state index contributed by atoms with van der Waals surface area (Å²) in [5.41, 5.74) is 2.71. The van der Waals surface area contributed by atoms with E-state index in [1.807, 2.05) is 66.4 Å². The van der Waals surface area contributed by atoms with Crippen LogP contribution in [0.4, 0.5) is 10.8 Å². The zero-order valence-corrected chi connectivity index (χ0v) is 18.5. The molecule has 7 heteroatoms. The molecule has 6 nitrogen and oxygen atoms in total. The van der Waals surface area contributed by atoms with Crippen LogP contribution in [0, 0.1) is 0 Å². The maximum Gasteiger partial charge on any atom is 0.260 e. The first kappa shape index (κ1) is 20.8. The number of quaternary nitrogens is 1. The summed E-state index contributed by atoms with van der Waals surface area (Å²) in [6.45, 7) is 5.44. The van der Waals surface area contributed by atoms with Crippen LogP contribution in [-0.2, 0) is 4.74 Å². The molecular formula is C23H29N4O2S+. The van der Waals surface area contributed by atoms with Crippen molar-refractivity contribution in [1.82, 2.24) is 4.98 Å². The SMILES string of the molecule is CN(C)c1ccc(C(=O)N(CCC[NH+]2CCOCC2)c2nc3ccccc3s2)cc1. The summed E-state index contributed by atoms with van der Waals surface area (Å²) in [4.78, 5) is 23.6. The van der Waals surface area contributed by atoms with Gasteiger partial charge in [-0.2, -0.15) is 0 Å². The smallest absolute Gasteiger partial charge is 0.260 e. The zero-order valence-electron chi connectivity index (χ0n) is 17.6. The van der Waals surface area contributed by atoms with Crippen molar-refractivity contribution in [2.75, 3.05) is 63.3 Å². The Hall–Kier alpha value is -2.48. The molecule has 1 N–H and O–H groups in total. The van der Waals surface area contributed by atoms with Gasteiger partial charge in [0.15, 0.2) is 5.13 Å². The van der Waals surface area contributed by atoms with Crippen molar-refractivity contribution in [2.24, 2.45) is 0 Å². The third-order valence-electron chi connectivity index (χ3n) is 5.50. The lowest BCUT2D eigenvalue weighted by Crippen LogP contribution is -3.14. The van der Waals surface area contributed by atoms with Crippen molar-refractivity contribution in [3.63, 3.8) is 0 Å². The van der Waals surface area contributed by atoms with Crippen LogP contribution in [0.2, 0.25) is 0 Å². The minimum atomic E-state index is 0.0105. The number of hydrogen-bond donors (Lipinski definition) is 1. The number of anilines is 2. The number of hydrogen-bond acceptors (Lipinski definition) is 5. The first-order valence-corrected chi connectivity index (χ1v) is 11.3. The van der Waals surface area contributed by atoms with Gasteiger partial charge in [-0.25, -0.2) is 4.98 Å². The predicted molar refractivity (Wildman–Crippen MR) is 123 cm³/mol. The number of morpholine rings is 1. The molecule has 2 heterocycles. The highest BCUT2D eigenvalue weighted by atomic mass is 32.1. The lowest BCUT2D eigenvalue weighted by Gasteiger charge is -2.25. The molecule has 0 bridgehead atoms. The summed E-state index contributed by atoms with van der Waals surface area (Å²) in [7, 11) is 4.00. The van der Waals surface area contributed by atoms with E-state index >= 15 is 0 Å². The minimum Gasteiger partial charge on any atom is -0.378 e. The topological polar surface area (TPSA) is 50.1 Å². The average Bonchev–Trinajstić information content (AvgIpc) is 3.21. The Morgan fingerprint density at radius 2 is 1.83 bits per heavy atom. The second-order valence-electron chi connectivity index (χ2n) is 7.83. The number of amides is 1. The summed E-state index contributed by atoms with van der Waals surface area (Å²) in [6, 6.07) is 15.8. The second kappa shape index (κ2) is 9.55. The van der Waals surface area contributed by atoms with Crippen LogP contribution in [0.15, 0.2) is 48.5 Å². The molecule has 0 saturated carbocycles. The number of para-hydroxylation sites is 1. The number of carbonyl (C=O) groups is 1. The van der Waals surface area contributed by atoms with Gasteiger partial charge in [0.05, 0.1) is 30.0 Å². The Kier molecular flexibility index (Phi) is 6.62. The number of ether oxygens (including phenoxy) is 1. The number of benzene rings is 2. The van der Waals surface area contributed by atoms with Gasteiger partial charge in [-0.3, -0.25) is 9.69 Å². The van der Waals surface area contributed by atoms with E-state index in [0.717, 1.165) is 60.3 Å². The van der Waals surface area contributed by atoms with Gasteiger partial charge in [0.2, 0.25) is 0 Å². The van der Waals surface area contributed by atoms with Crippen molar-refractivity contribution >= 4 is 38.3 Å². The van der Waals surface area contributed by atoms with Gasteiger partial charge in [-0.15, -0.1) is 0 Å². The summed E-state index contributed by atoms with van der Waals surface area (Å²) >= 11 is 1.58. The average molecular weight is 426 g/mol. The van der Waals surface area contributed by atoms with Gasteiger partial charge in [-0.1, -0.05) is 23.5 Å². The highest BCUT2D eigenvalue weighted by molar-refractivity contribution is 7.22. The molecule has 30 heavy (non-hydrogen) atoms. The molecule has 2 aromatic carbocycles. The Morgan fingerprint density at radius 1 is 1.10 bits per heavy atom. The molecular weight excluding hydrogens is 396 g/mol. The molecule has 1 aliphatic rings. The van der Waals surface area contributed by atoms with Crippen molar-refractivity contribution in [1.29, 1.82) is 0 Å². The molecule has 1 amide bonds. The standard InChI is InChI=1S/C23H28N4O2S/c1-25(2)19-10-8-18(9-11-19)22(28)27(13-5-12-26-14-16-29-17-15-26)23-24-20-6-3-4-7-21(20)30-23/h3-4,6-11H,5,12-17H2,1-2H3/p+1. The van der Waals surface area contributed by atoms with Crippen LogP contribution in [-0.4, -0.2) is 64.4 Å². The summed E-state index contributed by atoms with van der Waals surface area (Å²) in [5.74, 6) is 0.0105. The number of aromatic nitrogens is 1. The van der Waals surface area contributed by atoms with Crippen molar-refractivity contribution in [2.45, 2.75) is 6.42 Å². The van der Waals surface area contributed by atoms with Crippen LogP contribution in [0.1, 0.15) is 16.8 Å². The Morgan fingerprint density at radius 3 is 2.53 bits per heavy atom. The molecule has 0 radical (unpaired) electrons. The van der Waals surface area contributed by atoms with Gasteiger partial charge in [-0.05, 0) is 36.4 Å². The highest BCUT2D eigenvalue weighted by Crippen LogP contribution is 2.30. The van der Waals surface area contributed by atoms with Gasteiger partial charge in [0, 0.05) is 38.3 Å². The minimum absolute atomic E-state index is 0.0105. The van der Waals surface area contributed by atoms with Gasteiger partial charge in [0.25, 0.3) is 5.91 Å². The van der Waals surface area contributed by atoms with Crippen molar-refractivity contribution < 1.29 is 14.4 Å². The second-order valence-corrected chi connectivity index (χ2v) is 8.84. The highest BCUT2D eigenvalue weighted by Gasteiger charge is 2.22. The summed E-state index contributed by atoms with van der Waals surface area (Å²) in [6.07, 6.45) is 0.937. The molecule has 4 rings (SSSR count). The molecule has 0 spiro atoms. The molecule has 1 saturated heterocycles. The Bertz CT molecular complexity index is 947. The Balaban J connectivity index is 1.54. The monoisotopic (exact) mass is 425 g/mol. The Labute approximate surface area is 181 Å².